The van der Waals surface area contributed by atoms with Crippen LogP contribution in [0.15, 0.2) is 71.1 Å². The number of hydrogen-bond donors (Lipinski definition) is 1. The molecular formula is C24H21ClFNO3. The van der Waals surface area contributed by atoms with Gasteiger partial charge < -0.3 is 10.1 Å². The molecule has 30 heavy (non-hydrogen) atoms. The van der Waals surface area contributed by atoms with E-state index in [1.807, 2.05) is 24.3 Å². The first-order chi connectivity index (χ1) is 14.4. The Labute approximate surface area is 179 Å². The minimum absolute atomic E-state index is 0.0161. The van der Waals surface area contributed by atoms with E-state index in [1.165, 1.54) is 19.2 Å². The number of carbonyl (C=O) groups is 2. The van der Waals surface area contributed by atoms with E-state index in [-0.39, 0.29) is 17.5 Å². The molecule has 1 aliphatic carbocycles. The summed E-state index contributed by atoms with van der Waals surface area (Å²) in [5.74, 6) is -1.49. The summed E-state index contributed by atoms with van der Waals surface area (Å²) in [6.07, 6.45) is 0.958. The minimum Gasteiger partial charge on any atom is -0.466 e. The molecule has 0 fully saturated rings. The van der Waals surface area contributed by atoms with Gasteiger partial charge in [-0.15, -0.1) is 0 Å². The number of ether oxygens (including phenoxy) is 1. The molecule has 0 bridgehead atoms. The first-order valence-electron chi connectivity index (χ1n) is 9.72. The van der Waals surface area contributed by atoms with Crippen LogP contribution in [0.25, 0.3) is 0 Å². The second-order valence-electron chi connectivity index (χ2n) is 7.61. The molecule has 154 valence electrons. The SMILES string of the molecule is COC(=O)C1=C(C)NC2=C(C(=O)C[C@H](c3ccc(Cl)cc3)C2)[C@@H]1c1ccc(F)cc1. The zero-order chi connectivity index (χ0) is 21.4. The maximum absolute atomic E-state index is 13.5. The largest absolute Gasteiger partial charge is 0.466 e. The van der Waals surface area contributed by atoms with Gasteiger partial charge in [-0.1, -0.05) is 35.9 Å². The summed E-state index contributed by atoms with van der Waals surface area (Å²) in [6, 6.07) is 13.4. The molecule has 0 unspecified atom stereocenters. The Morgan fingerprint density at radius 1 is 1.07 bits per heavy atom. The number of hydrogen-bond acceptors (Lipinski definition) is 4. The van der Waals surface area contributed by atoms with Crippen LogP contribution in [0.1, 0.15) is 42.7 Å². The van der Waals surface area contributed by atoms with Gasteiger partial charge in [0.25, 0.3) is 0 Å². The third-order valence-corrected chi connectivity index (χ3v) is 6.03. The molecule has 0 radical (unpaired) electrons. The van der Waals surface area contributed by atoms with Crippen molar-refractivity contribution in [2.45, 2.75) is 31.6 Å². The molecule has 4 nitrogen and oxygen atoms in total. The third kappa shape index (κ3) is 3.65. The van der Waals surface area contributed by atoms with Crippen LogP contribution in [-0.2, 0) is 14.3 Å². The highest BCUT2D eigenvalue weighted by molar-refractivity contribution is 6.30. The fraction of sp³-hybridized carbons (Fsp3) is 0.250. The van der Waals surface area contributed by atoms with Crippen molar-refractivity contribution in [3.05, 3.63) is 93.0 Å². The Kier molecular flexibility index (Phi) is 5.48. The van der Waals surface area contributed by atoms with Crippen LogP contribution >= 0.6 is 11.6 Å². The van der Waals surface area contributed by atoms with Crippen LogP contribution < -0.4 is 5.32 Å². The molecule has 6 heteroatoms. The highest BCUT2D eigenvalue weighted by Gasteiger charge is 2.41. The summed E-state index contributed by atoms with van der Waals surface area (Å²) in [6.45, 7) is 1.79. The van der Waals surface area contributed by atoms with E-state index >= 15 is 0 Å². The van der Waals surface area contributed by atoms with Gasteiger partial charge in [0.2, 0.25) is 0 Å². The number of methoxy groups -OCH3 is 1. The lowest BCUT2D eigenvalue weighted by Crippen LogP contribution is -2.36. The fourth-order valence-electron chi connectivity index (χ4n) is 4.38. The summed E-state index contributed by atoms with van der Waals surface area (Å²) in [4.78, 5) is 25.9. The van der Waals surface area contributed by atoms with Crippen molar-refractivity contribution >= 4 is 23.4 Å². The maximum Gasteiger partial charge on any atom is 0.336 e. The second-order valence-corrected chi connectivity index (χ2v) is 8.05. The normalized spacial score (nSPS) is 21.3. The van der Waals surface area contributed by atoms with Gasteiger partial charge in [0, 0.05) is 34.3 Å². The fourth-order valence-corrected chi connectivity index (χ4v) is 4.50. The first-order valence-corrected chi connectivity index (χ1v) is 10.1. The Morgan fingerprint density at radius 3 is 2.33 bits per heavy atom. The Hall–Kier alpha value is -2.92. The van der Waals surface area contributed by atoms with E-state index in [9.17, 15) is 14.0 Å². The predicted octanol–water partition coefficient (Wildman–Crippen LogP) is 5.01. The summed E-state index contributed by atoms with van der Waals surface area (Å²) >= 11 is 6.00. The van der Waals surface area contributed by atoms with E-state index in [1.54, 1.807) is 19.1 Å². The molecule has 0 spiro atoms. The molecule has 2 atom stereocenters. The number of dihydropyridines is 1. The second kappa shape index (κ2) is 8.07. The number of carbonyl (C=O) groups excluding carboxylic acids is 2. The van der Waals surface area contributed by atoms with Crippen LogP contribution in [0, 0.1) is 5.82 Å². The highest BCUT2D eigenvalue weighted by Crippen LogP contribution is 2.45. The molecule has 1 aliphatic heterocycles. The average molecular weight is 426 g/mol. The molecule has 2 aliphatic rings. The number of Topliss-reactive ketones (excluding diaryl/α,β-unsaturated/α-hetero) is 1. The Morgan fingerprint density at radius 2 is 1.70 bits per heavy atom. The van der Waals surface area contributed by atoms with Crippen molar-refractivity contribution in [1.29, 1.82) is 0 Å². The lowest BCUT2D eigenvalue weighted by Gasteiger charge is -2.36. The summed E-state index contributed by atoms with van der Waals surface area (Å²) < 4.78 is 18.5. The zero-order valence-corrected chi connectivity index (χ0v) is 17.4. The van der Waals surface area contributed by atoms with Crippen LogP contribution in [-0.4, -0.2) is 18.9 Å². The minimum atomic E-state index is -0.590. The van der Waals surface area contributed by atoms with E-state index in [0.717, 1.165) is 11.3 Å². The Bertz CT molecular complexity index is 1070. The van der Waals surface area contributed by atoms with E-state index in [2.05, 4.69) is 5.32 Å². The van der Waals surface area contributed by atoms with Crippen molar-refractivity contribution in [2.75, 3.05) is 7.11 Å². The van der Waals surface area contributed by atoms with Gasteiger partial charge in [-0.3, -0.25) is 4.79 Å². The summed E-state index contributed by atoms with van der Waals surface area (Å²) in [5, 5.41) is 3.92. The zero-order valence-electron chi connectivity index (χ0n) is 16.7. The van der Waals surface area contributed by atoms with Crippen LogP contribution in [0.4, 0.5) is 4.39 Å². The summed E-state index contributed by atoms with van der Waals surface area (Å²) in [7, 11) is 1.31. The number of nitrogens with one attached hydrogen (secondary N) is 1. The molecule has 0 saturated carbocycles. The number of allylic oxidation sites excluding steroid dienone is 3. The molecule has 0 aromatic heterocycles. The quantitative estimate of drug-likeness (QED) is 0.702. The van der Waals surface area contributed by atoms with Gasteiger partial charge in [0.1, 0.15) is 5.82 Å². The molecule has 1 N–H and O–H groups in total. The number of halogens is 2. The van der Waals surface area contributed by atoms with Gasteiger partial charge >= 0.3 is 5.97 Å². The molecule has 1 heterocycles. The number of rotatable bonds is 3. The van der Waals surface area contributed by atoms with E-state index in [0.29, 0.717) is 40.3 Å². The molecule has 0 amide bonds. The van der Waals surface area contributed by atoms with Crippen LogP contribution in [0.2, 0.25) is 5.02 Å². The van der Waals surface area contributed by atoms with Gasteiger partial charge in [-0.25, -0.2) is 9.18 Å². The van der Waals surface area contributed by atoms with Gasteiger partial charge in [0.15, 0.2) is 5.78 Å². The smallest absolute Gasteiger partial charge is 0.336 e. The van der Waals surface area contributed by atoms with Crippen molar-refractivity contribution in [3.8, 4) is 0 Å². The van der Waals surface area contributed by atoms with Crippen LogP contribution in [0.3, 0.4) is 0 Å². The van der Waals surface area contributed by atoms with Crippen molar-refractivity contribution < 1.29 is 18.7 Å². The highest BCUT2D eigenvalue weighted by atomic mass is 35.5. The van der Waals surface area contributed by atoms with Crippen molar-refractivity contribution in [2.24, 2.45) is 0 Å². The van der Waals surface area contributed by atoms with Crippen molar-refractivity contribution in [1.82, 2.24) is 5.32 Å². The lowest BCUT2D eigenvalue weighted by molar-refractivity contribution is -0.136. The molecule has 0 saturated heterocycles. The maximum atomic E-state index is 13.5. The number of ketones is 1. The Balaban J connectivity index is 1.79. The van der Waals surface area contributed by atoms with Gasteiger partial charge in [0.05, 0.1) is 12.7 Å². The third-order valence-electron chi connectivity index (χ3n) is 5.78. The van der Waals surface area contributed by atoms with Gasteiger partial charge in [-0.2, -0.15) is 0 Å². The molecule has 2 aromatic carbocycles. The predicted molar refractivity (Wildman–Crippen MR) is 112 cm³/mol. The van der Waals surface area contributed by atoms with E-state index < -0.39 is 11.9 Å². The van der Waals surface area contributed by atoms with Crippen LogP contribution in [0.5, 0.6) is 0 Å². The summed E-state index contributed by atoms with van der Waals surface area (Å²) in [5.41, 5.74) is 4.09. The number of benzene rings is 2. The van der Waals surface area contributed by atoms with E-state index in [4.69, 9.17) is 16.3 Å². The average Bonchev–Trinajstić information content (AvgIpc) is 2.73. The number of esters is 1. The first kappa shape index (κ1) is 20.4. The van der Waals surface area contributed by atoms with Gasteiger partial charge in [-0.05, 0) is 54.7 Å². The molecular weight excluding hydrogens is 405 g/mol. The van der Waals surface area contributed by atoms with Crippen molar-refractivity contribution in [3.63, 3.8) is 0 Å². The standard InChI is InChI=1S/C24H21ClFNO3/c1-13-21(24(29)30-2)22(15-5-9-18(26)10-6-15)23-19(27-13)11-16(12-20(23)28)14-3-7-17(25)8-4-14/h3-10,16,22,27H,11-12H2,1-2H3/t16-,22-/m1/s1. The topological polar surface area (TPSA) is 55.4 Å². The molecule has 4 rings (SSSR count). The lowest BCUT2D eigenvalue weighted by atomic mass is 9.72. The molecule has 2 aromatic rings. The monoisotopic (exact) mass is 425 g/mol.